The Morgan fingerprint density at radius 3 is 2.58 bits per heavy atom. The average molecular weight is 369 g/mol. The molecule has 1 amide bonds. The summed E-state index contributed by atoms with van der Waals surface area (Å²) in [6.45, 7) is 1.52. The number of halogens is 1. The molecule has 0 N–H and O–H groups in total. The molecule has 0 spiro atoms. The summed E-state index contributed by atoms with van der Waals surface area (Å²) in [6, 6.07) is 6.28. The molecule has 1 aliphatic carbocycles. The van der Waals surface area contributed by atoms with Crippen molar-refractivity contribution >= 4 is 27.5 Å². The molecule has 2 aliphatic rings. The fourth-order valence-corrected chi connectivity index (χ4v) is 4.90. The zero-order valence-electron chi connectivity index (χ0n) is 13.4. The van der Waals surface area contributed by atoms with E-state index < -0.39 is 10.0 Å². The predicted molar refractivity (Wildman–Crippen MR) is 93.3 cm³/mol. The quantitative estimate of drug-likeness (QED) is 0.767. The predicted octanol–water partition coefficient (Wildman–Crippen LogP) is 2.53. The molecule has 3 rings (SSSR count). The molecule has 0 aromatic heterocycles. The number of allylic oxidation sites excluding steroid dienone is 2. The lowest BCUT2D eigenvalue weighted by molar-refractivity contribution is -0.133. The summed E-state index contributed by atoms with van der Waals surface area (Å²) in [5, 5.41) is 0.398. The van der Waals surface area contributed by atoms with Gasteiger partial charge in [-0.3, -0.25) is 4.79 Å². The second-order valence-corrected chi connectivity index (χ2v) is 8.59. The van der Waals surface area contributed by atoms with Crippen molar-refractivity contribution in [1.29, 1.82) is 0 Å². The molecular weight excluding hydrogens is 348 g/mol. The van der Waals surface area contributed by atoms with Gasteiger partial charge in [0.05, 0.1) is 4.90 Å². The van der Waals surface area contributed by atoms with E-state index in [-0.39, 0.29) is 10.8 Å². The van der Waals surface area contributed by atoms with Crippen molar-refractivity contribution < 1.29 is 13.2 Å². The van der Waals surface area contributed by atoms with Gasteiger partial charge in [0.1, 0.15) is 0 Å². The minimum Gasteiger partial charge on any atom is -0.340 e. The Morgan fingerprint density at radius 2 is 1.96 bits per heavy atom. The third-order valence-electron chi connectivity index (χ3n) is 4.57. The van der Waals surface area contributed by atoms with Crippen molar-refractivity contribution in [3.8, 4) is 0 Å². The topological polar surface area (TPSA) is 57.7 Å². The van der Waals surface area contributed by atoms with E-state index in [1.807, 2.05) is 0 Å². The van der Waals surface area contributed by atoms with Crippen LogP contribution in [0.25, 0.3) is 0 Å². The number of carbonyl (C=O) groups is 1. The zero-order chi connectivity index (χ0) is 17.2. The van der Waals surface area contributed by atoms with Gasteiger partial charge in [-0.2, -0.15) is 4.31 Å². The molecule has 1 heterocycles. The third-order valence-corrected chi connectivity index (χ3v) is 6.70. The van der Waals surface area contributed by atoms with Gasteiger partial charge in [-0.25, -0.2) is 8.42 Å². The smallest absolute Gasteiger partial charge is 0.243 e. The Labute approximate surface area is 147 Å². The molecule has 1 aliphatic heterocycles. The lowest BCUT2D eigenvalue weighted by Crippen LogP contribution is -2.50. The molecule has 24 heavy (non-hydrogen) atoms. The minimum absolute atomic E-state index is 0.117. The number of hydrogen-bond donors (Lipinski definition) is 0. The molecule has 7 heteroatoms. The molecule has 1 fully saturated rings. The van der Waals surface area contributed by atoms with Crippen molar-refractivity contribution in [3.63, 3.8) is 0 Å². The molecule has 1 aromatic carbocycles. The SMILES string of the molecule is O=C(C[C@@H]1C=CCC1)N1CCN(S(=O)(=O)c2cccc(Cl)c2)CC1. The summed E-state index contributed by atoms with van der Waals surface area (Å²) in [6.07, 6.45) is 6.83. The van der Waals surface area contributed by atoms with Crippen LogP contribution in [0.2, 0.25) is 5.02 Å². The number of hydrogen-bond acceptors (Lipinski definition) is 3. The number of piperazine rings is 1. The van der Waals surface area contributed by atoms with Gasteiger partial charge in [0.25, 0.3) is 0 Å². The van der Waals surface area contributed by atoms with Gasteiger partial charge >= 0.3 is 0 Å². The number of sulfonamides is 1. The summed E-state index contributed by atoms with van der Waals surface area (Å²) in [5.74, 6) is 0.456. The summed E-state index contributed by atoms with van der Waals surface area (Å²) >= 11 is 5.89. The van der Waals surface area contributed by atoms with Gasteiger partial charge < -0.3 is 4.90 Å². The van der Waals surface area contributed by atoms with Crippen molar-refractivity contribution in [1.82, 2.24) is 9.21 Å². The van der Waals surface area contributed by atoms with Crippen LogP contribution in [0.4, 0.5) is 0 Å². The zero-order valence-corrected chi connectivity index (χ0v) is 15.0. The maximum absolute atomic E-state index is 12.6. The largest absolute Gasteiger partial charge is 0.340 e. The van der Waals surface area contributed by atoms with Gasteiger partial charge in [0.2, 0.25) is 15.9 Å². The Morgan fingerprint density at radius 1 is 1.21 bits per heavy atom. The van der Waals surface area contributed by atoms with Crippen LogP contribution in [0.1, 0.15) is 19.3 Å². The van der Waals surface area contributed by atoms with Gasteiger partial charge in [-0.15, -0.1) is 0 Å². The average Bonchev–Trinajstić information content (AvgIpc) is 3.08. The molecular formula is C17H21ClN2O3S. The van der Waals surface area contributed by atoms with E-state index in [1.165, 1.54) is 10.4 Å². The first-order valence-corrected chi connectivity index (χ1v) is 9.99. The molecule has 130 valence electrons. The van der Waals surface area contributed by atoms with E-state index in [9.17, 15) is 13.2 Å². The van der Waals surface area contributed by atoms with Crippen molar-refractivity contribution in [2.45, 2.75) is 24.2 Å². The van der Waals surface area contributed by atoms with Crippen LogP contribution in [0.3, 0.4) is 0 Å². The van der Waals surface area contributed by atoms with E-state index in [0.717, 1.165) is 12.8 Å². The maximum atomic E-state index is 12.6. The lowest BCUT2D eigenvalue weighted by Gasteiger charge is -2.34. The highest BCUT2D eigenvalue weighted by Gasteiger charge is 2.30. The molecule has 0 bridgehead atoms. The molecule has 1 atom stereocenters. The molecule has 0 saturated carbocycles. The van der Waals surface area contributed by atoms with Gasteiger partial charge in [0.15, 0.2) is 0 Å². The Hall–Kier alpha value is -1.37. The van der Waals surface area contributed by atoms with Crippen LogP contribution in [0.5, 0.6) is 0 Å². The molecule has 1 aromatic rings. The standard InChI is InChI=1S/C17H21ClN2O3S/c18-15-6-3-7-16(13-15)24(22,23)20-10-8-19(9-11-20)17(21)12-14-4-1-2-5-14/h1,3-4,6-7,13-14H,2,5,8-12H2/t14-/m1/s1. The summed E-state index contributed by atoms with van der Waals surface area (Å²) in [5.41, 5.74) is 0. The molecule has 0 radical (unpaired) electrons. The number of carbonyl (C=O) groups excluding carboxylic acids is 1. The van der Waals surface area contributed by atoms with Crippen molar-refractivity contribution in [2.75, 3.05) is 26.2 Å². The van der Waals surface area contributed by atoms with E-state index in [0.29, 0.717) is 43.5 Å². The van der Waals surface area contributed by atoms with Gasteiger partial charge in [-0.05, 0) is 37.0 Å². The minimum atomic E-state index is -3.56. The van der Waals surface area contributed by atoms with E-state index in [1.54, 1.807) is 23.1 Å². The van der Waals surface area contributed by atoms with Crippen LogP contribution in [0.15, 0.2) is 41.3 Å². The first-order chi connectivity index (χ1) is 11.5. The highest BCUT2D eigenvalue weighted by Crippen LogP contribution is 2.23. The Balaban J connectivity index is 1.60. The fourth-order valence-electron chi connectivity index (χ4n) is 3.17. The Bertz CT molecular complexity index is 740. The van der Waals surface area contributed by atoms with Gasteiger partial charge in [-0.1, -0.05) is 29.8 Å². The van der Waals surface area contributed by atoms with E-state index >= 15 is 0 Å². The van der Waals surface area contributed by atoms with Crippen LogP contribution < -0.4 is 0 Å². The first kappa shape index (κ1) is 17.5. The fraction of sp³-hybridized carbons (Fsp3) is 0.471. The molecule has 0 unspecified atom stereocenters. The van der Waals surface area contributed by atoms with Crippen LogP contribution in [-0.2, 0) is 14.8 Å². The second-order valence-electron chi connectivity index (χ2n) is 6.21. The second kappa shape index (κ2) is 7.25. The van der Waals surface area contributed by atoms with E-state index in [2.05, 4.69) is 12.2 Å². The highest BCUT2D eigenvalue weighted by atomic mass is 35.5. The van der Waals surface area contributed by atoms with Gasteiger partial charge in [0, 0.05) is 37.6 Å². The highest BCUT2D eigenvalue weighted by molar-refractivity contribution is 7.89. The summed E-state index contributed by atoms with van der Waals surface area (Å²) < 4.78 is 26.7. The normalized spacial score (nSPS) is 22.0. The molecule has 1 saturated heterocycles. The maximum Gasteiger partial charge on any atom is 0.243 e. The number of rotatable bonds is 4. The third kappa shape index (κ3) is 3.82. The van der Waals surface area contributed by atoms with E-state index in [4.69, 9.17) is 11.6 Å². The number of benzene rings is 1. The van der Waals surface area contributed by atoms with Crippen LogP contribution in [0, 0.1) is 5.92 Å². The number of nitrogens with zero attached hydrogens (tertiary/aromatic N) is 2. The van der Waals surface area contributed by atoms with Crippen LogP contribution in [-0.4, -0.2) is 49.7 Å². The lowest BCUT2D eigenvalue weighted by atomic mass is 10.0. The number of amides is 1. The van der Waals surface area contributed by atoms with Crippen molar-refractivity contribution in [2.24, 2.45) is 5.92 Å². The first-order valence-electron chi connectivity index (χ1n) is 8.17. The summed E-state index contributed by atoms with van der Waals surface area (Å²) in [4.78, 5) is 14.3. The Kier molecular flexibility index (Phi) is 5.27. The van der Waals surface area contributed by atoms with Crippen molar-refractivity contribution in [3.05, 3.63) is 41.4 Å². The van der Waals surface area contributed by atoms with Crippen LogP contribution >= 0.6 is 11.6 Å². The monoisotopic (exact) mass is 368 g/mol. The molecule has 5 nitrogen and oxygen atoms in total. The summed E-state index contributed by atoms with van der Waals surface area (Å²) in [7, 11) is -3.56.